The van der Waals surface area contributed by atoms with E-state index in [9.17, 15) is 4.79 Å². The van der Waals surface area contributed by atoms with Crippen LogP contribution in [0, 0.1) is 5.92 Å². The summed E-state index contributed by atoms with van der Waals surface area (Å²) in [5.74, 6) is 0.772. The molecule has 6 nitrogen and oxygen atoms in total. The maximum atomic E-state index is 12.6. The zero-order valence-electron chi connectivity index (χ0n) is 14.5. The number of likely N-dealkylation sites (tertiary alicyclic amines) is 1. The predicted molar refractivity (Wildman–Crippen MR) is 94.3 cm³/mol. The van der Waals surface area contributed by atoms with Gasteiger partial charge in [-0.05, 0) is 30.9 Å². The second-order valence-corrected chi connectivity index (χ2v) is 6.79. The lowest BCUT2D eigenvalue weighted by atomic mass is 9.99. The van der Waals surface area contributed by atoms with Crippen molar-refractivity contribution in [2.24, 2.45) is 5.92 Å². The average Bonchev–Trinajstić information content (AvgIpc) is 2.63. The van der Waals surface area contributed by atoms with Gasteiger partial charge in [-0.1, -0.05) is 6.92 Å². The van der Waals surface area contributed by atoms with E-state index in [1.165, 1.54) is 0 Å². The van der Waals surface area contributed by atoms with E-state index in [1.54, 1.807) is 6.20 Å². The number of nitrogens with zero attached hydrogens (tertiary/aromatic N) is 3. The topological polar surface area (TPSA) is 57.7 Å². The molecular weight excluding hydrogens is 304 g/mol. The molecule has 0 aliphatic carbocycles. The van der Waals surface area contributed by atoms with Crippen molar-refractivity contribution < 1.29 is 9.53 Å². The number of carbonyl (C=O) groups is 1. The number of nitrogens with one attached hydrogen (secondary N) is 1. The van der Waals surface area contributed by atoms with Crippen LogP contribution in [0.5, 0.6) is 0 Å². The smallest absolute Gasteiger partial charge is 0.272 e. The van der Waals surface area contributed by atoms with E-state index in [0.29, 0.717) is 5.69 Å². The fourth-order valence-corrected chi connectivity index (χ4v) is 3.21. The third kappa shape index (κ3) is 4.68. The van der Waals surface area contributed by atoms with Gasteiger partial charge in [-0.25, -0.2) is 0 Å². The van der Waals surface area contributed by atoms with Crippen LogP contribution in [0.1, 0.15) is 30.3 Å². The number of rotatable bonds is 5. The molecule has 0 atom stereocenters. The van der Waals surface area contributed by atoms with Crippen LogP contribution in [0.15, 0.2) is 18.3 Å². The molecule has 0 bridgehead atoms. The number of ether oxygens (including phenoxy) is 1. The Labute approximate surface area is 144 Å². The number of carbonyl (C=O) groups excluding carboxylic acids is 1. The molecule has 1 amide bonds. The number of aromatic nitrogens is 1. The molecule has 2 fully saturated rings. The summed E-state index contributed by atoms with van der Waals surface area (Å²) in [5, 5.41) is 3.40. The highest BCUT2D eigenvalue weighted by molar-refractivity contribution is 5.93. The van der Waals surface area contributed by atoms with Gasteiger partial charge in [0, 0.05) is 51.2 Å². The molecule has 0 aromatic carbocycles. The summed E-state index contributed by atoms with van der Waals surface area (Å²) in [6.45, 7) is 9.42. The number of morpholine rings is 1. The van der Waals surface area contributed by atoms with E-state index in [-0.39, 0.29) is 5.91 Å². The van der Waals surface area contributed by atoms with E-state index in [0.717, 1.165) is 76.9 Å². The Morgan fingerprint density at radius 2 is 2.04 bits per heavy atom. The Balaban J connectivity index is 1.50. The van der Waals surface area contributed by atoms with Crippen molar-refractivity contribution in [2.75, 3.05) is 57.8 Å². The van der Waals surface area contributed by atoms with Crippen molar-refractivity contribution in [3.8, 4) is 0 Å². The van der Waals surface area contributed by atoms with Crippen LogP contribution in [0.25, 0.3) is 0 Å². The molecule has 132 valence electrons. The highest BCUT2D eigenvalue weighted by Gasteiger charge is 2.22. The lowest BCUT2D eigenvalue weighted by molar-refractivity contribution is 0.0398. The molecule has 1 aromatic rings. The minimum absolute atomic E-state index is 0.0544. The molecule has 6 heteroatoms. The Kier molecular flexibility index (Phi) is 6.04. The van der Waals surface area contributed by atoms with E-state index in [1.807, 2.05) is 17.0 Å². The molecule has 0 unspecified atom stereocenters. The Morgan fingerprint density at radius 3 is 2.79 bits per heavy atom. The van der Waals surface area contributed by atoms with Crippen LogP contribution >= 0.6 is 0 Å². The Morgan fingerprint density at radius 1 is 1.29 bits per heavy atom. The van der Waals surface area contributed by atoms with Crippen molar-refractivity contribution in [3.05, 3.63) is 24.0 Å². The molecule has 1 N–H and O–H groups in total. The first-order valence-corrected chi connectivity index (χ1v) is 9.01. The molecule has 3 rings (SSSR count). The van der Waals surface area contributed by atoms with Crippen molar-refractivity contribution in [1.82, 2.24) is 14.8 Å². The normalized spacial score (nSPS) is 20.1. The highest BCUT2D eigenvalue weighted by atomic mass is 16.5. The molecule has 24 heavy (non-hydrogen) atoms. The number of piperidine rings is 1. The molecule has 0 saturated carbocycles. The van der Waals surface area contributed by atoms with Gasteiger partial charge in [0.25, 0.3) is 5.91 Å². The van der Waals surface area contributed by atoms with Gasteiger partial charge in [0.05, 0.1) is 13.2 Å². The van der Waals surface area contributed by atoms with Gasteiger partial charge in [-0.2, -0.15) is 0 Å². The van der Waals surface area contributed by atoms with Crippen LogP contribution in [0.4, 0.5) is 5.69 Å². The van der Waals surface area contributed by atoms with Gasteiger partial charge in [0.15, 0.2) is 0 Å². The van der Waals surface area contributed by atoms with Gasteiger partial charge in [0.2, 0.25) is 0 Å². The second-order valence-electron chi connectivity index (χ2n) is 6.79. The lowest BCUT2D eigenvalue weighted by Crippen LogP contribution is -2.39. The second kappa shape index (κ2) is 8.44. The van der Waals surface area contributed by atoms with Gasteiger partial charge >= 0.3 is 0 Å². The highest BCUT2D eigenvalue weighted by Crippen LogP contribution is 2.18. The summed E-state index contributed by atoms with van der Waals surface area (Å²) >= 11 is 0. The number of amides is 1. The Bertz CT molecular complexity index is 538. The van der Waals surface area contributed by atoms with Crippen LogP contribution < -0.4 is 5.32 Å². The summed E-state index contributed by atoms with van der Waals surface area (Å²) < 4.78 is 5.36. The van der Waals surface area contributed by atoms with Crippen molar-refractivity contribution >= 4 is 11.6 Å². The zero-order chi connectivity index (χ0) is 16.8. The number of anilines is 1. The standard InChI is InChI=1S/C18H28N4O2/c1-15-3-7-22(8-4-15)18(23)17-14-16(2-5-20-17)19-6-9-21-10-12-24-13-11-21/h2,5,14-15H,3-4,6-13H2,1H3,(H,19,20). The number of hydrogen-bond donors (Lipinski definition) is 1. The first-order valence-electron chi connectivity index (χ1n) is 9.01. The minimum atomic E-state index is 0.0544. The number of hydrogen-bond acceptors (Lipinski definition) is 5. The maximum Gasteiger partial charge on any atom is 0.272 e. The average molecular weight is 332 g/mol. The van der Waals surface area contributed by atoms with E-state index in [4.69, 9.17) is 4.74 Å². The van der Waals surface area contributed by atoms with Crippen molar-refractivity contribution in [1.29, 1.82) is 0 Å². The largest absolute Gasteiger partial charge is 0.384 e. The first-order chi connectivity index (χ1) is 11.7. The molecule has 2 saturated heterocycles. The fraction of sp³-hybridized carbons (Fsp3) is 0.667. The molecular formula is C18H28N4O2. The summed E-state index contributed by atoms with van der Waals surface area (Å²) in [4.78, 5) is 21.2. The molecule has 3 heterocycles. The molecule has 1 aromatic heterocycles. The van der Waals surface area contributed by atoms with Gasteiger partial charge < -0.3 is 15.0 Å². The molecule has 0 spiro atoms. The lowest BCUT2D eigenvalue weighted by Gasteiger charge is -2.30. The van der Waals surface area contributed by atoms with Crippen LogP contribution in [-0.2, 0) is 4.74 Å². The summed E-state index contributed by atoms with van der Waals surface area (Å²) in [6, 6.07) is 3.80. The van der Waals surface area contributed by atoms with E-state index in [2.05, 4.69) is 22.1 Å². The van der Waals surface area contributed by atoms with Gasteiger partial charge in [-0.15, -0.1) is 0 Å². The van der Waals surface area contributed by atoms with Crippen LogP contribution in [0.2, 0.25) is 0 Å². The predicted octanol–water partition coefficient (Wildman–Crippen LogP) is 1.70. The molecule has 0 radical (unpaired) electrons. The van der Waals surface area contributed by atoms with Gasteiger partial charge in [-0.3, -0.25) is 14.7 Å². The molecule has 2 aliphatic heterocycles. The van der Waals surface area contributed by atoms with Crippen molar-refractivity contribution in [2.45, 2.75) is 19.8 Å². The fourth-order valence-electron chi connectivity index (χ4n) is 3.21. The van der Waals surface area contributed by atoms with Gasteiger partial charge in [0.1, 0.15) is 5.69 Å². The van der Waals surface area contributed by atoms with Crippen molar-refractivity contribution in [3.63, 3.8) is 0 Å². The van der Waals surface area contributed by atoms with E-state index < -0.39 is 0 Å². The monoisotopic (exact) mass is 332 g/mol. The molecule has 2 aliphatic rings. The van der Waals surface area contributed by atoms with E-state index >= 15 is 0 Å². The number of pyridine rings is 1. The minimum Gasteiger partial charge on any atom is -0.384 e. The quantitative estimate of drug-likeness (QED) is 0.889. The maximum absolute atomic E-state index is 12.6. The van der Waals surface area contributed by atoms with Crippen LogP contribution in [-0.4, -0.2) is 73.2 Å². The third-order valence-corrected chi connectivity index (χ3v) is 4.91. The SMILES string of the molecule is CC1CCN(C(=O)c2cc(NCCN3CCOCC3)ccn2)CC1. The first kappa shape index (κ1) is 17.2. The summed E-state index contributed by atoms with van der Waals surface area (Å²) in [5.41, 5.74) is 1.51. The van der Waals surface area contributed by atoms with Crippen LogP contribution in [0.3, 0.4) is 0 Å². The third-order valence-electron chi connectivity index (χ3n) is 4.91. The summed E-state index contributed by atoms with van der Waals surface area (Å²) in [7, 11) is 0. The summed E-state index contributed by atoms with van der Waals surface area (Å²) in [6.07, 6.45) is 3.89. The Hall–Kier alpha value is -1.66. The zero-order valence-corrected chi connectivity index (χ0v) is 14.5.